The Morgan fingerprint density at radius 2 is 1.61 bits per heavy atom. The van der Waals surface area contributed by atoms with Crippen molar-refractivity contribution in [3.63, 3.8) is 0 Å². The van der Waals surface area contributed by atoms with Crippen LogP contribution in [0.2, 0.25) is 0 Å². The Labute approximate surface area is 139 Å². The highest BCUT2D eigenvalue weighted by molar-refractivity contribution is 5.78. The van der Waals surface area contributed by atoms with Gasteiger partial charge in [-0.15, -0.1) is 0 Å². The molecule has 0 bridgehead atoms. The molecule has 3 nitrogen and oxygen atoms in total. The number of amides is 1. The Kier molecular flexibility index (Phi) is 6.82. The lowest BCUT2D eigenvalue weighted by Gasteiger charge is -2.23. The molecule has 0 aliphatic carbocycles. The molecule has 2 aromatic rings. The summed E-state index contributed by atoms with van der Waals surface area (Å²) in [4.78, 5) is 14.6. The van der Waals surface area contributed by atoms with Gasteiger partial charge in [0.2, 0.25) is 5.91 Å². The molecule has 0 heterocycles. The van der Waals surface area contributed by atoms with E-state index < -0.39 is 0 Å². The fourth-order valence-corrected chi connectivity index (χ4v) is 2.56. The van der Waals surface area contributed by atoms with Gasteiger partial charge in [-0.05, 0) is 36.1 Å². The Balaban J connectivity index is 2.02. The molecule has 2 rings (SSSR count). The fraction of sp³-hybridized carbons (Fsp3) is 0.350. The first-order chi connectivity index (χ1) is 11.2. The van der Waals surface area contributed by atoms with E-state index >= 15 is 0 Å². The zero-order chi connectivity index (χ0) is 16.5. The Morgan fingerprint density at radius 1 is 0.957 bits per heavy atom. The van der Waals surface area contributed by atoms with Crippen LogP contribution in [0.4, 0.5) is 0 Å². The fourth-order valence-electron chi connectivity index (χ4n) is 2.56. The monoisotopic (exact) mass is 310 g/mol. The second-order valence-corrected chi connectivity index (χ2v) is 5.79. The van der Waals surface area contributed by atoms with Crippen LogP contribution in [0.25, 0.3) is 0 Å². The van der Waals surface area contributed by atoms with Crippen LogP contribution < -0.4 is 5.73 Å². The van der Waals surface area contributed by atoms with Crippen LogP contribution in [0.3, 0.4) is 0 Å². The highest BCUT2D eigenvalue weighted by Crippen LogP contribution is 2.10. The minimum atomic E-state index is 0.159. The molecule has 0 unspecified atom stereocenters. The molecule has 0 aliphatic heterocycles. The van der Waals surface area contributed by atoms with Crippen LogP contribution in [0.1, 0.15) is 30.0 Å². The van der Waals surface area contributed by atoms with Crippen molar-refractivity contribution < 1.29 is 4.79 Å². The standard InChI is InChI=1S/C20H26N2O/c1-2-17-9-11-18(12-10-17)15-20(23)22(14-6-13-21)16-19-7-4-3-5-8-19/h3-5,7-12H,2,6,13-16,21H2,1H3. The molecule has 0 saturated heterocycles. The van der Waals surface area contributed by atoms with Crippen LogP contribution in [-0.2, 0) is 24.2 Å². The molecule has 0 fully saturated rings. The number of hydrogen-bond acceptors (Lipinski definition) is 2. The van der Waals surface area contributed by atoms with E-state index in [1.165, 1.54) is 5.56 Å². The van der Waals surface area contributed by atoms with Gasteiger partial charge in [-0.1, -0.05) is 61.5 Å². The number of carbonyl (C=O) groups excluding carboxylic acids is 1. The van der Waals surface area contributed by atoms with Crippen molar-refractivity contribution in [2.45, 2.75) is 32.7 Å². The topological polar surface area (TPSA) is 46.3 Å². The largest absolute Gasteiger partial charge is 0.338 e. The van der Waals surface area contributed by atoms with Crippen molar-refractivity contribution in [1.82, 2.24) is 4.90 Å². The summed E-state index contributed by atoms with van der Waals surface area (Å²) < 4.78 is 0. The third-order valence-electron chi connectivity index (χ3n) is 3.99. The van der Waals surface area contributed by atoms with Gasteiger partial charge in [0.05, 0.1) is 6.42 Å². The molecule has 122 valence electrons. The van der Waals surface area contributed by atoms with Crippen LogP contribution in [-0.4, -0.2) is 23.9 Å². The van der Waals surface area contributed by atoms with Gasteiger partial charge in [0.25, 0.3) is 0 Å². The van der Waals surface area contributed by atoms with Gasteiger partial charge >= 0.3 is 0 Å². The first-order valence-electron chi connectivity index (χ1n) is 8.32. The number of aryl methyl sites for hydroxylation is 1. The molecule has 23 heavy (non-hydrogen) atoms. The zero-order valence-corrected chi connectivity index (χ0v) is 13.9. The molecule has 0 spiro atoms. The molecule has 2 N–H and O–H groups in total. The SMILES string of the molecule is CCc1ccc(CC(=O)N(CCCN)Cc2ccccc2)cc1. The molecular formula is C20H26N2O. The third kappa shape index (κ3) is 5.53. The number of rotatable bonds is 8. The maximum Gasteiger partial charge on any atom is 0.227 e. The van der Waals surface area contributed by atoms with Gasteiger partial charge < -0.3 is 10.6 Å². The molecule has 2 aromatic carbocycles. The summed E-state index contributed by atoms with van der Waals surface area (Å²) in [5.41, 5.74) is 9.13. The van der Waals surface area contributed by atoms with Gasteiger partial charge in [-0.3, -0.25) is 4.79 Å². The van der Waals surface area contributed by atoms with Gasteiger partial charge in [0.15, 0.2) is 0 Å². The lowest BCUT2D eigenvalue weighted by molar-refractivity contribution is -0.131. The normalized spacial score (nSPS) is 10.5. The van der Waals surface area contributed by atoms with Crippen LogP contribution in [0, 0.1) is 0 Å². The van der Waals surface area contributed by atoms with Crippen LogP contribution in [0.5, 0.6) is 0 Å². The first-order valence-corrected chi connectivity index (χ1v) is 8.32. The van der Waals surface area contributed by atoms with Gasteiger partial charge in [-0.25, -0.2) is 0 Å². The number of nitrogens with zero attached hydrogens (tertiary/aromatic N) is 1. The van der Waals surface area contributed by atoms with E-state index in [1.807, 2.05) is 23.1 Å². The Hall–Kier alpha value is -2.13. The minimum absolute atomic E-state index is 0.159. The predicted molar refractivity (Wildman–Crippen MR) is 95.1 cm³/mol. The molecule has 3 heteroatoms. The molecule has 0 saturated carbocycles. The van der Waals surface area contributed by atoms with Crippen molar-refractivity contribution in [3.8, 4) is 0 Å². The Morgan fingerprint density at radius 3 is 2.22 bits per heavy atom. The summed E-state index contributed by atoms with van der Waals surface area (Å²) >= 11 is 0. The van der Waals surface area contributed by atoms with E-state index in [0.29, 0.717) is 26.1 Å². The first kappa shape index (κ1) is 17.2. The average molecular weight is 310 g/mol. The zero-order valence-electron chi connectivity index (χ0n) is 13.9. The maximum atomic E-state index is 12.7. The minimum Gasteiger partial charge on any atom is -0.338 e. The smallest absolute Gasteiger partial charge is 0.227 e. The van der Waals surface area contributed by atoms with Gasteiger partial charge in [0.1, 0.15) is 0 Å². The highest BCUT2D eigenvalue weighted by atomic mass is 16.2. The summed E-state index contributed by atoms with van der Waals surface area (Å²) in [7, 11) is 0. The Bertz CT molecular complexity index is 593. The van der Waals surface area contributed by atoms with Gasteiger partial charge in [-0.2, -0.15) is 0 Å². The summed E-state index contributed by atoms with van der Waals surface area (Å²) in [5, 5.41) is 0. The van der Waals surface area contributed by atoms with E-state index in [-0.39, 0.29) is 5.91 Å². The van der Waals surface area contributed by atoms with Crippen molar-refractivity contribution in [2.24, 2.45) is 5.73 Å². The summed E-state index contributed by atoms with van der Waals surface area (Å²) in [6.45, 7) is 4.09. The van der Waals surface area contributed by atoms with E-state index in [0.717, 1.165) is 24.0 Å². The van der Waals surface area contributed by atoms with E-state index in [1.54, 1.807) is 0 Å². The van der Waals surface area contributed by atoms with Crippen molar-refractivity contribution in [1.29, 1.82) is 0 Å². The molecule has 0 aromatic heterocycles. The number of hydrogen-bond donors (Lipinski definition) is 1. The number of benzene rings is 2. The second kappa shape index (κ2) is 9.11. The number of carbonyl (C=O) groups is 1. The third-order valence-corrected chi connectivity index (χ3v) is 3.99. The number of nitrogens with two attached hydrogens (primary N) is 1. The van der Waals surface area contributed by atoms with E-state index in [9.17, 15) is 4.79 Å². The van der Waals surface area contributed by atoms with Gasteiger partial charge in [0, 0.05) is 13.1 Å². The lowest BCUT2D eigenvalue weighted by atomic mass is 10.1. The summed E-state index contributed by atoms with van der Waals surface area (Å²) in [6.07, 6.45) is 2.29. The molecule has 0 radical (unpaired) electrons. The summed E-state index contributed by atoms with van der Waals surface area (Å²) in [5.74, 6) is 0.159. The molecular weight excluding hydrogens is 284 g/mol. The predicted octanol–water partition coefficient (Wildman–Crippen LogP) is 3.17. The lowest BCUT2D eigenvalue weighted by Crippen LogP contribution is -2.33. The molecule has 1 amide bonds. The van der Waals surface area contributed by atoms with Crippen LogP contribution in [0.15, 0.2) is 54.6 Å². The van der Waals surface area contributed by atoms with Crippen LogP contribution >= 0.6 is 0 Å². The maximum absolute atomic E-state index is 12.7. The molecule has 0 atom stereocenters. The van der Waals surface area contributed by atoms with Crippen molar-refractivity contribution in [3.05, 3.63) is 71.3 Å². The average Bonchev–Trinajstić information content (AvgIpc) is 2.60. The molecule has 0 aliphatic rings. The summed E-state index contributed by atoms with van der Waals surface area (Å²) in [6, 6.07) is 18.4. The highest BCUT2D eigenvalue weighted by Gasteiger charge is 2.14. The quantitative estimate of drug-likeness (QED) is 0.814. The van der Waals surface area contributed by atoms with Crippen molar-refractivity contribution in [2.75, 3.05) is 13.1 Å². The second-order valence-electron chi connectivity index (χ2n) is 5.79. The van der Waals surface area contributed by atoms with E-state index in [4.69, 9.17) is 5.73 Å². The van der Waals surface area contributed by atoms with Crippen molar-refractivity contribution >= 4 is 5.91 Å². The van der Waals surface area contributed by atoms with E-state index in [2.05, 4.69) is 43.3 Å².